The second-order valence-electron chi connectivity index (χ2n) is 8.61. The number of fused-ring (bicyclic) bond motifs is 1. The Morgan fingerprint density at radius 2 is 1.74 bits per heavy atom. The van der Waals surface area contributed by atoms with Gasteiger partial charge in [0.05, 0.1) is 18.8 Å². The number of nitrogens with one attached hydrogen (secondary N) is 1. The van der Waals surface area contributed by atoms with Crippen LogP contribution in [0.25, 0.3) is 10.9 Å². The van der Waals surface area contributed by atoms with E-state index in [-0.39, 0.29) is 0 Å². The highest BCUT2D eigenvalue weighted by molar-refractivity contribution is 5.88. The van der Waals surface area contributed by atoms with E-state index in [0.717, 1.165) is 11.3 Å². The molecule has 0 aliphatic carbocycles. The van der Waals surface area contributed by atoms with Crippen LogP contribution in [0.4, 0.5) is 0 Å². The quantitative estimate of drug-likeness (QED) is 0.924. The van der Waals surface area contributed by atoms with Gasteiger partial charge in [-0.2, -0.15) is 0 Å². The predicted octanol–water partition coefficient (Wildman–Crippen LogP) is 3.22. The van der Waals surface area contributed by atoms with E-state index in [1.165, 1.54) is 43.5 Å². The molecule has 4 fully saturated rings. The number of benzene rings is 1. The Bertz CT molecular complexity index is 744. The molecule has 5 heterocycles. The van der Waals surface area contributed by atoms with Crippen LogP contribution < -0.4 is 4.74 Å². The molecule has 23 heavy (non-hydrogen) atoms. The molecule has 4 aliphatic heterocycles. The summed E-state index contributed by atoms with van der Waals surface area (Å²) in [4.78, 5) is 8.87. The zero-order valence-corrected chi connectivity index (χ0v) is 14.2. The fourth-order valence-corrected chi connectivity index (χ4v) is 5.93. The minimum Gasteiger partial charge on any atom is -0.495 e. The fraction of sp³-hybridized carbons (Fsp3) is 0.579. The Labute approximate surface area is 137 Å². The monoisotopic (exact) mass is 311 g/mol. The lowest BCUT2D eigenvalue weighted by atomic mass is 9.63. The molecule has 0 spiro atoms. The Hall–Kier alpha value is -1.52. The molecule has 0 amide bonds. The molecule has 4 bridgehead atoms. The van der Waals surface area contributed by atoms with Crippen LogP contribution in [0.3, 0.4) is 0 Å². The van der Waals surface area contributed by atoms with Crippen molar-refractivity contribution in [1.82, 2.24) is 14.8 Å². The van der Waals surface area contributed by atoms with Crippen molar-refractivity contribution in [1.29, 1.82) is 0 Å². The van der Waals surface area contributed by atoms with Crippen molar-refractivity contribution in [3.8, 4) is 5.75 Å². The van der Waals surface area contributed by atoms with Crippen LogP contribution in [0.1, 0.15) is 32.0 Å². The van der Waals surface area contributed by atoms with E-state index in [2.05, 4.69) is 47.0 Å². The zero-order chi connectivity index (χ0) is 15.8. The number of ether oxygens (including phenoxy) is 1. The number of nitrogens with zero attached hydrogens (tertiary/aromatic N) is 2. The van der Waals surface area contributed by atoms with Gasteiger partial charge < -0.3 is 9.72 Å². The average Bonchev–Trinajstić information content (AvgIpc) is 2.88. The van der Waals surface area contributed by atoms with Crippen LogP contribution in [0.15, 0.2) is 24.4 Å². The number of aromatic amines is 1. The normalized spacial score (nSPS) is 41.6. The molecule has 4 aliphatic rings. The largest absolute Gasteiger partial charge is 0.495 e. The molecular formula is C19H25N3O. The smallest absolute Gasteiger partial charge is 0.142 e. The van der Waals surface area contributed by atoms with E-state index in [1.807, 2.05) is 6.07 Å². The highest BCUT2D eigenvalue weighted by Crippen LogP contribution is 2.54. The van der Waals surface area contributed by atoms with Crippen LogP contribution in [-0.4, -0.2) is 48.1 Å². The van der Waals surface area contributed by atoms with E-state index in [4.69, 9.17) is 4.74 Å². The first-order valence-electron chi connectivity index (χ1n) is 8.63. The average molecular weight is 311 g/mol. The lowest BCUT2D eigenvalue weighted by Crippen LogP contribution is -2.70. The third-order valence-electron chi connectivity index (χ3n) is 6.09. The van der Waals surface area contributed by atoms with Crippen molar-refractivity contribution in [3.05, 3.63) is 30.0 Å². The molecule has 0 saturated carbocycles. The molecule has 1 aromatic heterocycles. The molecule has 4 heteroatoms. The Morgan fingerprint density at radius 1 is 1.09 bits per heavy atom. The van der Waals surface area contributed by atoms with Crippen molar-refractivity contribution in [2.75, 3.05) is 33.3 Å². The summed E-state index contributed by atoms with van der Waals surface area (Å²) in [6, 6.07) is 6.35. The molecule has 2 aromatic rings. The molecule has 0 radical (unpaired) electrons. The first-order chi connectivity index (χ1) is 11.0. The molecule has 0 unspecified atom stereocenters. The van der Waals surface area contributed by atoms with Gasteiger partial charge in [-0.1, -0.05) is 26.0 Å². The number of hydrogen-bond acceptors (Lipinski definition) is 3. The highest BCUT2D eigenvalue weighted by Gasteiger charge is 2.56. The number of para-hydroxylation sites is 1. The molecule has 6 rings (SSSR count). The summed E-state index contributed by atoms with van der Waals surface area (Å²) in [6.45, 7) is 9.83. The van der Waals surface area contributed by atoms with Gasteiger partial charge in [0.25, 0.3) is 0 Å². The van der Waals surface area contributed by atoms with Crippen molar-refractivity contribution >= 4 is 10.9 Å². The van der Waals surface area contributed by atoms with Crippen LogP contribution in [0, 0.1) is 10.8 Å². The van der Waals surface area contributed by atoms with Crippen molar-refractivity contribution in [2.24, 2.45) is 10.8 Å². The van der Waals surface area contributed by atoms with Gasteiger partial charge in [-0.25, -0.2) is 0 Å². The maximum Gasteiger partial charge on any atom is 0.142 e. The summed E-state index contributed by atoms with van der Waals surface area (Å²) in [7, 11) is 1.74. The maximum absolute atomic E-state index is 5.52. The number of methoxy groups -OCH3 is 1. The predicted molar refractivity (Wildman–Crippen MR) is 91.6 cm³/mol. The van der Waals surface area contributed by atoms with Crippen LogP contribution >= 0.6 is 0 Å². The summed E-state index contributed by atoms with van der Waals surface area (Å²) < 4.78 is 5.52. The van der Waals surface area contributed by atoms with E-state index in [0.29, 0.717) is 17.0 Å². The van der Waals surface area contributed by atoms with Gasteiger partial charge in [-0.3, -0.25) is 9.80 Å². The van der Waals surface area contributed by atoms with Crippen LogP contribution in [0.5, 0.6) is 5.75 Å². The second-order valence-corrected chi connectivity index (χ2v) is 8.61. The van der Waals surface area contributed by atoms with E-state index >= 15 is 0 Å². The van der Waals surface area contributed by atoms with E-state index in [1.54, 1.807) is 7.11 Å². The fourth-order valence-electron chi connectivity index (χ4n) is 5.93. The summed E-state index contributed by atoms with van der Waals surface area (Å²) >= 11 is 0. The van der Waals surface area contributed by atoms with Crippen molar-refractivity contribution in [3.63, 3.8) is 0 Å². The number of aromatic nitrogens is 1. The zero-order valence-electron chi connectivity index (χ0n) is 14.2. The molecule has 4 saturated heterocycles. The van der Waals surface area contributed by atoms with Gasteiger partial charge in [-0.05, 0) is 23.3 Å². The maximum atomic E-state index is 5.52. The van der Waals surface area contributed by atoms with Gasteiger partial charge in [0.15, 0.2) is 0 Å². The van der Waals surface area contributed by atoms with Gasteiger partial charge in [0.2, 0.25) is 0 Å². The summed E-state index contributed by atoms with van der Waals surface area (Å²) in [5.74, 6) is 0.932. The first-order valence-corrected chi connectivity index (χ1v) is 8.63. The minimum atomic E-state index is 0.414. The highest BCUT2D eigenvalue weighted by atomic mass is 16.5. The molecule has 4 nitrogen and oxygen atoms in total. The minimum absolute atomic E-state index is 0.414. The van der Waals surface area contributed by atoms with Gasteiger partial charge in [0.1, 0.15) is 5.75 Å². The second kappa shape index (κ2) is 4.31. The van der Waals surface area contributed by atoms with Crippen LogP contribution in [-0.2, 0) is 0 Å². The standard InChI is InChI=1S/C19H25N3O/c1-18-8-19(2)11-21(9-18)17(22(10-18)12-19)14-7-20-16-13(14)5-4-6-15(16)23-3/h4-7,17,20H,8-12H2,1-3H3. The lowest BCUT2D eigenvalue weighted by molar-refractivity contribution is -0.194. The van der Waals surface area contributed by atoms with E-state index < -0.39 is 0 Å². The summed E-state index contributed by atoms with van der Waals surface area (Å²) in [6.07, 6.45) is 3.99. The van der Waals surface area contributed by atoms with Gasteiger partial charge in [-0.15, -0.1) is 0 Å². The van der Waals surface area contributed by atoms with Crippen molar-refractivity contribution < 1.29 is 4.74 Å². The molecule has 0 atom stereocenters. The molecule has 1 N–H and O–H groups in total. The number of rotatable bonds is 2. The molecular weight excluding hydrogens is 286 g/mol. The Kier molecular flexibility index (Phi) is 2.60. The topological polar surface area (TPSA) is 31.5 Å². The third-order valence-corrected chi connectivity index (χ3v) is 6.09. The summed E-state index contributed by atoms with van der Waals surface area (Å²) in [5, 5.41) is 1.30. The molecule has 1 aromatic carbocycles. The summed E-state index contributed by atoms with van der Waals surface area (Å²) in [5.41, 5.74) is 3.46. The third kappa shape index (κ3) is 1.85. The number of hydrogen-bond donors (Lipinski definition) is 1. The number of piperidine rings is 2. The SMILES string of the molecule is COc1cccc2c(C3N4CC5(C)CN3CC(C)(C4)C5)c[nH]c12. The van der Waals surface area contributed by atoms with E-state index in [9.17, 15) is 0 Å². The van der Waals surface area contributed by atoms with Crippen molar-refractivity contribution in [2.45, 2.75) is 26.4 Å². The Balaban J connectivity index is 1.61. The number of H-pyrrole nitrogens is 1. The molecule has 122 valence electrons. The lowest BCUT2D eigenvalue weighted by Gasteiger charge is -2.66. The van der Waals surface area contributed by atoms with Gasteiger partial charge >= 0.3 is 0 Å². The van der Waals surface area contributed by atoms with Gasteiger partial charge in [0, 0.05) is 43.3 Å². The first kappa shape index (κ1) is 13.9. The Morgan fingerprint density at radius 3 is 2.35 bits per heavy atom. The van der Waals surface area contributed by atoms with Crippen LogP contribution in [0.2, 0.25) is 0 Å².